The van der Waals surface area contributed by atoms with Gasteiger partial charge in [0.15, 0.2) is 0 Å². The largest absolute Gasteiger partial charge is 0.307 e. The summed E-state index contributed by atoms with van der Waals surface area (Å²) in [7, 11) is 0. The minimum atomic E-state index is 0.252. The van der Waals surface area contributed by atoms with Crippen molar-refractivity contribution >= 4 is 0 Å². The van der Waals surface area contributed by atoms with Gasteiger partial charge in [0.05, 0.1) is 0 Å². The van der Waals surface area contributed by atoms with E-state index in [0.29, 0.717) is 0 Å². The lowest BCUT2D eigenvalue weighted by Gasteiger charge is -2.42. The van der Waals surface area contributed by atoms with Crippen LogP contribution in [0.25, 0.3) is 0 Å². The second kappa shape index (κ2) is 2.23. The van der Waals surface area contributed by atoms with E-state index in [1.54, 1.807) is 0 Å². The van der Waals surface area contributed by atoms with E-state index in [9.17, 15) is 0 Å². The summed E-state index contributed by atoms with van der Waals surface area (Å²) in [6.45, 7) is 8.89. The molecule has 1 saturated heterocycles. The number of piperidine rings is 1. The van der Waals surface area contributed by atoms with Crippen LogP contribution in [0.3, 0.4) is 0 Å². The molecule has 0 spiro atoms. The Labute approximate surface area is 64.2 Å². The van der Waals surface area contributed by atoms with E-state index in [1.807, 2.05) is 0 Å². The molecule has 10 heavy (non-hydrogen) atoms. The standard InChI is InChI=1S/C9H17N/c1-8(2)6-5-7-9(3,4)10-8/h10H,6-7H2,1-4H3. The molecule has 1 heteroatoms. The zero-order valence-electron chi connectivity index (χ0n) is 7.41. The Hall–Kier alpha value is -0.0400. The van der Waals surface area contributed by atoms with Gasteiger partial charge >= 0.3 is 0 Å². The van der Waals surface area contributed by atoms with Crippen LogP contribution in [0.2, 0.25) is 0 Å². The highest BCUT2D eigenvalue weighted by Gasteiger charge is 2.31. The molecule has 0 unspecified atom stereocenters. The van der Waals surface area contributed by atoms with Gasteiger partial charge in [-0.25, -0.2) is 0 Å². The molecule has 0 saturated carbocycles. The third-order valence-electron chi connectivity index (χ3n) is 1.81. The van der Waals surface area contributed by atoms with E-state index < -0.39 is 0 Å². The molecule has 1 nitrogen and oxygen atoms in total. The fourth-order valence-electron chi connectivity index (χ4n) is 1.69. The van der Waals surface area contributed by atoms with Crippen molar-refractivity contribution in [2.24, 2.45) is 0 Å². The van der Waals surface area contributed by atoms with E-state index >= 15 is 0 Å². The van der Waals surface area contributed by atoms with Crippen LogP contribution in [0.4, 0.5) is 0 Å². The molecule has 0 atom stereocenters. The summed E-state index contributed by atoms with van der Waals surface area (Å²) in [5, 5.41) is 3.57. The molecule has 1 rings (SSSR count). The average Bonchev–Trinajstić information content (AvgIpc) is 1.56. The third kappa shape index (κ3) is 1.98. The van der Waals surface area contributed by atoms with Crippen LogP contribution in [-0.2, 0) is 0 Å². The van der Waals surface area contributed by atoms with Crippen LogP contribution >= 0.6 is 0 Å². The van der Waals surface area contributed by atoms with Crippen molar-refractivity contribution in [3.8, 4) is 0 Å². The first-order chi connectivity index (χ1) is 4.41. The van der Waals surface area contributed by atoms with Gasteiger partial charge < -0.3 is 5.32 Å². The molecule has 0 amide bonds. The highest BCUT2D eigenvalue weighted by Crippen LogP contribution is 2.26. The second-order valence-corrected chi connectivity index (χ2v) is 4.50. The normalized spacial score (nSPS) is 30.0. The number of nitrogens with one attached hydrogen (secondary N) is 1. The molecule has 2 radical (unpaired) electrons. The fraction of sp³-hybridized carbons (Fsp3) is 0.889. The Morgan fingerprint density at radius 3 is 1.60 bits per heavy atom. The molecule has 0 aliphatic carbocycles. The zero-order chi connectivity index (χ0) is 7.83. The molecule has 0 aromatic rings. The van der Waals surface area contributed by atoms with Crippen LogP contribution < -0.4 is 5.32 Å². The predicted molar refractivity (Wildman–Crippen MR) is 43.8 cm³/mol. The van der Waals surface area contributed by atoms with Crippen molar-refractivity contribution in [3.05, 3.63) is 6.42 Å². The smallest absolute Gasteiger partial charge is 0.0135 e. The molecular formula is C9H17N. The summed E-state index contributed by atoms with van der Waals surface area (Å²) < 4.78 is 0. The summed E-state index contributed by atoms with van der Waals surface area (Å²) >= 11 is 0. The Morgan fingerprint density at radius 1 is 1.00 bits per heavy atom. The van der Waals surface area contributed by atoms with Gasteiger partial charge in [0, 0.05) is 11.1 Å². The van der Waals surface area contributed by atoms with E-state index in [-0.39, 0.29) is 11.1 Å². The van der Waals surface area contributed by atoms with Gasteiger partial charge in [-0.05, 0) is 47.0 Å². The lowest BCUT2D eigenvalue weighted by molar-refractivity contribution is 0.219. The minimum Gasteiger partial charge on any atom is -0.307 e. The number of hydrogen-bond acceptors (Lipinski definition) is 1. The lowest BCUT2D eigenvalue weighted by atomic mass is 9.83. The zero-order valence-corrected chi connectivity index (χ0v) is 7.41. The first-order valence-corrected chi connectivity index (χ1v) is 3.91. The summed E-state index contributed by atoms with van der Waals surface area (Å²) in [6, 6.07) is 0. The van der Waals surface area contributed by atoms with Gasteiger partial charge in [-0.2, -0.15) is 0 Å². The molecule has 1 N–H and O–H groups in total. The van der Waals surface area contributed by atoms with Crippen LogP contribution in [0.1, 0.15) is 40.5 Å². The van der Waals surface area contributed by atoms with Crippen molar-refractivity contribution < 1.29 is 0 Å². The molecular weight excluding hydrogens is 122 g/mol. The van der Waals surface area contributed by atoms with Gasteiger partial charge in [-0.15, -0.1) is 0 Å². The van der Waals surface area contributed by atoms with Gasteiger partial charge in [0.1, 0.15) is 0 Å². The molecule has 58 valence electrons. The Kier molecular flexibility index (Phi) is 1.80. The van der Waals surface area contributed by atoms with E-state index in [0.717, 1.165) is 12.8 Å². The molecule has 0 bridgehead atoms. The van der Waals surface area contributed by atoms with Gasteiger partial charge in [0.2, 0.25) is 0 Å². The van der Waals surface area contributed by atoms with Crippen molar-refractivity contribution in [1.29, 1.82) is 0 Å². The van der Waals surface area contributed by atoms with Crippen LogP contribution in [0, 0.1) is 6.42 Å². The van der Waals surface area contributed by atoms with Crippen LogP contribution in [-0.4, -0.2) is 11.1 Å². The Morgan fingerprint density at radius 2 is 1.40 bits per heavy atom. The monoisotopic (exact) mass is 139 g/mol. The van der Waals surface area contributed by atoms with Crippen molar-refractivity contribution in [2.45, 2.75) is 51.6 Å². The van der Waals surface area contributed by atoms with Gasteiger partial charge in [0.25, 0.3) is 0 Å². The molecule has 1 aliphatic heterocycles. The molecule has 1 fully saturated rings. The van der Waals surface area contributed by atoms with Gasteiger partial charge in [-0.3, -0.25) is 0 Å². The van der Waals surface area contributed by atoms with Crippen molar-refractivity contribution in [3.63, 3.8) is 0 Å². The van der Waals surface area contributed by atoms with E-state index in [1.165, 1.54) is 0 Å². The summed E-state index contributed by atoms with van der Waals surface area (Å²) in [5.74, 6) is 0. The minimum absolute atomic E-state index is 0.252. The van der Waals surface area contributed by atoms with E-state index in [4.69, 9.17) is 0 Å². The number of rotatable bonds is 0. The fourth-order valence-corrected chi connectivity index (χ4v) is 1.69. The predicted octanol–water partition coefficient (Wildman–Crippen LogP) is 2.01. The Balaban J connectivity index is 2.56. The first kappa shape index (κ1) is 8.06. The maximum Gasteiger partial charge on any atom is 0.0135 e. The second-order valence-electron chi connectivity index (χ2n) is 4.50. The first-order valence-electron chi connectivity index (χ1n) is 3.91. The quantitative estimate of drug-likeness (QED) is 0.541. The van der Waals surface area contributed by atoms with Gasteiger partial charge in [-0.1, -0.05) is 0 Å². The summed E-state index contributed by atoms with van der Waals surface area (Å²) in [6.07, 6.45) is 5.53. The average molecular weight is 139 g/mol. The maximum atomic E-state index is 3.57. The summed E-state index contributed by atoms with van der Waals surface area (Å²) in [5.41, 5.74) is 0.503. The third-order valence-corrected chi connectivity index (χ3v) is 1.81. The molecule has 1 heterocycles. The van der Waals surface area contributed by atoms with Crippen molar-refractivity contribution in [1.82, 2.24) is 5.32 Å². The highest BCUT2D eigenvalue weighted by molar-refractivity contribution is 5.00. The van der Waals surface area contributed by atoms with Crippen molar-refractivity contribution in [2.75, 3.05) is 0 Å². The molecule has 0 aromatic carbocycles. The Bertz CT molecular complexity index is 111. The molecule has 0 aromatic heterocycles. The van der Waals surface area contributed by atoms with Crippen LogP contribution in [0.15, 0.2) is 0 Å². The van der Waals surface area contributed by atoms with E-state index in [2.05, 4.69) is 39.4 Å². The topological polar surface area (TPSA) is 12.0 Å². The maximum absolute atomic E-state index is 3.57. The molecule has 1 aliphatic rings. The van der Waals surface area contributed by atoms with Crippen LogP contribution in [0.5, 0.6) is 0 Å². The number of hydrogen-bond donors (Lipinski definition) is 1. The summed E-state index contributed by atoms with van der Waals surface area (Å²) in [4.78, 5) is 0. The lowest BCUT2D eigenvalue weighted by Crippen LogP contribution is -2.55. The highest BCUT2D eigenvalue weighted by atomic mass is 15.0. The SMILES string of the molecule is CC1(C)C[C]CC(C)(C)N1.